The van der Waals surface area contributed by atoms with Crippen LogP contribution in [0.4, 0.5) is 0 Å². The van der Waals surface area contributed by atoms with E-state index in [4.69, 9.17) is 4.42 Å². The zero-order valence-electron chi connectivity index (χ0n) is 8.11. The minimum atomic E-state index is 0.754. The summed E-state index contributed by atoms with van der Waals surface area (Å²) in [6.45, 7) is 0. The molecule has 0 radical (unpaired) electrons. The predicted octanol–water partition coefficient (Wildman–Crippen LogP) is 3.35. The number of hydrogen-bond donors (Lipinski definition) is 0. The average molecular weight is 285 g/mol. The third-order valence-corrected chi connectivity index (χ3v) is 3.09. The van der Waals surface area contributed by atoms with E-state index in [1.165, 1.54) is 11.8 Å². The molecule has 0 aliphatic carbocycles. The second-order valence-corrected chi connectivity index (χ2v) is 4.22. The minimum absolute atomic E-state index is 0.754. The highest BCUT2D eigenvalue weighted by molar-refractivity contribution is 9.08. The van der Waals surface area contributed by atoms with Crippen LogP contribution in [0.2, 0.25) is 0 Å². The van der Waals surface area contributed by atoms with E-state index < -0.39 is 0 Å². The molecule has 78 valence electrons. The van der Waals surface area contributed by atoms with Crippen LogP contribution in [0.1, 0.15) is 5.56 Å². The molecule has 2 aromatic heterocycles. The molecule has 0 N–H and O–H groups in total. The molecule has 0 amide bonds. The summed E-state index contributed by atoms with van der Waals surface area (Å²) in [7, 11) is 0. The summed E-state index contributed by atoms with van der Waals surface area (Å²) >= 11 is 4.89. The van der Waals surface area contributed by atoms with Gasteiger partial charge in [-0.1, -0.05) is 27.7 Å². The lowest BCUT2D eigenvalue weighted by molar-refractivity contribution is 0.576. The lowest BCUT2D eigenvalue weighted by Gasteiger charge is -1.97. The number of aromatic nitrogens is 2. The number of nitrogens with zero attached hydrogens (tertiary/aromatic N) is 2. The molecule has 0 bridgehead atoms. The van der Waals surface area contributed by atoms with Crippen LogP contribution in [-0.4, -0.2) is 16.2 Å². The van der Waals surface area contributed by atoms with Gasteiger partial charge in [-0.15, -0.1) is 0 Å². The largest absolute Gasteiger partial charge is 0.462 e. The van der Waals surface area contributed by atoms with E-state index in [9.17, 15) is 0 Å². The fraction of sp³-hybridized carbons (Fsp3) is 0.200. The van der Waals surface area contributed by atoms with Gasteiger partial charge in [0.05, 0.1) is 6.26 Å². The maximum atomic E-state index is 5.41. The Morgan fingerprint density at radius 3 is 3.07 bits per heavy atom. The lowest BCUT2D eigenvalue weighted by Crippen LogP contribution is -1.87. The van der Waals surface area contributed by atoms with Crippen LogP contribution in [0.3, 0.4) is 0 Å². The molecule has 0 aliphatic heterocycles. The van der Waals surface area contributed by atoms with Gasteiger partial charge in [0.25, 0.3) is 0 Å². The van der Waals surface area contributed by atoms with Crippen molar-refractivity contribution in [2.75, 3.05) is 6.26 Å². The van der Waals surface area contributed by atoms with Crippen LogP contribution in [0, 0.1) is 0 Å². The second kappa shape index (κ2) is 4.81. The first kappa shape index (κ1) is 10.7. The Hall–Kier alpha value is -0.810. The lowest BCUT2D eigenvalue weighted by atomic mass is 10.3. The Bertz CT molecular complexity index is 458. The number of thioether (sulfide) groups is 1. The summed E-state index contributed by atoms with van der Waals surface area (Å²) in [6, 6.07) is 3.82. The summed E-state index contributed by atoms with van der Waals surface area (Å²) in [5.74, 6) is 0.780. The van der Waals surface area contributed by atoms with E-state index >= 15 is 0 Å². The molecule has 3 nitrogen and oxygen atoms in total. The van der Waals surface area contributed by atoms with Crippen molar-refractivity contribution in [3.63, 3.8) is 0 Å². The molecule has 0 atom stereocenters. The number of rotatable bonds is 3. The quantitative estimate of drug-likeness (QED) is 0.492. The molecule has 0 saturated heterocycles. The molecule has 15 heavy (non-hydrogen) atoms. The van der Waals surface area contributed by atoms with E-state index in [0.29, 0.717) is 0 Å². The van der Waals surface area contributed by atoms with E-state index in [1.54, 1.807) is 12.5 Å². The highest BCUT2D eigenvalue weighted by atomic mass is 79.9. The maximum Gasteiger partial charge on any atom is 0.187 e. The van der Waals surface area contributed by atoms with Gasteiger partial charge in [-0.3, -0.25) is 0 Å². The number of hydrogen-bond acceptors (Lipinski definition) is 4. The normalized spacial score (nSPS) is 10.5. The second-order valence-electron chi connectivity index (χ2n) is 2.88. The molecular formula is C10H9BrN2OS. The van der Waals surface area contributed by atoms with Gasteiger partial charge in [-0.05, 0) is 18.4 Å². The monoisotopic (exact) mass is 284 g/mol. The van der Waals surface area contributed by atoms with Crippen molar-refractivity contribution in [1.82, 2.24) is 9.97 Å². The van der Waals surface area contributed by atoms with E-state index in [-0.39, 0.29) is 0 Å². The van der Waals surface area contributed by atoms with Gasteiger partial charge in [0.1, 0.15) is 5.69 Å². The molecule has 0 aromatic carbocycles. The van der Waals surface area contributed by atoms with E-state index in [1.807, 2.05) is 18.4 Å². The van der Waals surface area contributed by atoms with Crippen molar-refractivity contribution in [2.45, 2.75) is 10.5 Å². The zero-order valence-corrected chi connectivity index (χ0v) is 10.5. The number of alkyl halides is 1. The molecule has 0 saturated carbocycles. The summed E-state index contributed by atoms with van der Waals surface area (Å²) in [4.78, 5) is 8.46. The van der Waals surface area contributed by atoms with E-state index in [2.05, 4.69) is 25.9 Å². The van der Waals surface area contributed by atoms with Crippen molar-refractivity contribution >= 4 is 27.7 Å². The van der Waals surface area contributed by atoms with Gasteiger partial charge in [0, 0.05) is 17.1 Å². The summed E-state index contributed by atoms with van der Waals surface area (Å²) in [5, 5.41) is 1.54. The Labute approximate surface area is 100 Å². The van der Waals surface area contributed by atoms with Gasteiger partial charge >= 0.3 is 0 Å². The van der Waals surface area contributed by atoms with Gasteiger partial charge in [-0.2, -0.15) is 0 Å². The molecule has 2 rings (SSSR count). The summed E-state index contributed by atoms with van der Waals surface area (Å²) < 4.78 is 5.41. The highest BCUT2D eigenvalue weighted by Gasteiger charge is 2.06. The molecule has 2 aromatic rings. The molecule has 0 unspecified atom stereocenters. The van der Waals surface area contributed by atoms with Crippen LogP contribution in [0.25, 0.3) is 11.5 Å². The SMILES string of the molecule is CSc1nccc(-c2cc(CBr)co2)n1. The topological polar surface area (TPSA) is 38.9 Å². The third kappa shape index (κ3) is 2.41. The standard InChI is InChI=1S/C10H9BrN2OS/c1-15-10-12-3-2-8(13-10)9-4-7(5-11)6-14-9/h2-4,6H,5H2,1H3. The highest BCUT2D eigenvalue weighted by Crippen LogP contribution is 2.22. The summed E-state index contributed by atoms with van der Waals surface area (Å²) in [6.07, 6.45) is 5.42. The van der Waals surface area contributed by atoms with Crippen molar-refractivity contribution in [2.24, 2.45) is 0 Å². The molecule has 2 heterocycles. The molecule has 0 fully saturated rings. The smallest absolute Gasteiger partial charge is 0.187 e. The van der Waals surface area contributed by atoms with Gasteiger partial charge in [-0.25, -0.2) is 9.97 Å². The molecule has 5 heteroatoms. The fourth-order valence-corrected chi connectivity index (χ4v) is 1.81. The predicted molar refractivity (Wildman–Crippen MR) is 64.1 cm³/mol. The first-order valence-corrected chi connectivity index (χ1v) is 6.69. The van der Waals surface area contributed by atoms with Gasteiger partial charge in [0.15, 0.2) is 10.9 Å². The fourth-order valence-electron chi connectivity index (χ4n) is 1.16. The zero-order chi connectivity index (χ0) is 10.7. The Morgan fingerprint density at radius 2 is 2.40 bits per heavy atom. The number of furan rings is 1. The van der Waals surface area contributed by atoms with Crippen LogP contribution in [0.5, 0.6) is 0 Å². The molecule has 0 aliphatic rings. The Morgan fingerprint density at radius 1 is 1.53 bits per heavy atom. The van der Waals surface area contributed by atoms with Gasteiger partial charge < -0.3 is 4.42 Å². The van der Waals surface area contributed by atoms with Crippen molar-refractivity contribution in [3.05, 3.63) is 30.2 Å². The Kier molecular flexibility index (Phi) is 3.43. The third-order valence-electron chi connectivity index (χ3n) is 1.88. The van der Waals surface area contributed by atoms with Crippen LogP contribution in [0.15, 0.2) is 34.2 Å². The van der Waals surface area contributed by atoms with Crippen LogP contribution in [-0.2, 0) is 5.33 Å². The van der Waals surface area contributed by atoms with E-state index in [0.717, 1.165) is 27.5 Å². The van der Waals surface area contributed by atoms with Gasteiger partial charge in [0.2, 0.25) is 0 Å². The molecular weight excluding hydrogens is 276 g/mol. The minimum Gasteiger partial charge on any atom is -0.462 e. The average Bonchev–Trinajstić information content (AvgIpc) is 2.78. The van der Waals surface area contributed by atoms with Crippen molar-refractivity contribution in [1.29, 1.82) is 0 Å². The first-order valence-electron chi connectivity index (χ1n) is 4.34. The maximum absolute atomic E-state index is 5.41. The van der Waals surface area contributed by atoms with Crippen LogP contribution < -0.4 is 0 Å². The van der Waals surface area contributed by atoms with Crippen molar-refractivity contribution < 1.29 is 4.42 Å². The van der Waals surface area contributed by atoms with Crippen molar-refractivity contribution in [3.8, 4) is 11.5 Å². The molecule has 0 spiro atoms. The van der Waals surface area contributed by atoms with Crippen LogP contribution >= 0.6 is 27.7 Å². The Balaban J connectivity index is 2.35. The number of halogens is 1. The summed E-state index contributed by atoms with van der Waals surface area (Å²) in [5.41, 5.74) is 1.93. The first-order chi connectivity index (χ1) is 7.33.